The first-order valence-corrected chi connectivity index (χ1v) is 9.53. The average Bonchev–Trinajstić information content (AvgIpc) is 3.14. The largest absolute Gasteiger partial charge is 0.339 e. The molecule has 1 aliphatic heterocycles. The van der Waals surface area contributed by atoms with E-state index >= 15 is 0 Å². The molecule has 0 saturated carbocycles. The Hall–Kier alpha value is -2.05. The molecule has 1 atom stereocenters. The molecule has 1 fully saturated rings. The molecule has 1 saturated heterocycles. The first-order valence-electron chi connectivity index (χ1n) is 8.74. The summed E-state index contributed by atoms with van der Waals surface area (Å²) < 4.78 is 20.0. The molecule has 4 rings (SSSR count). The van der Waals surface area contributed by atoms with Gasteiger partial charge in [-0.15, -0.1) is 0 Å². The van der Waals surface area contributed by atoms with Crippen LogP contribution in [0.2, 0.25) is 0 Å². The Balaban J connectivity index is 1.45. The van der Waals surface area contributed by atoms with Crippen LogP contribution in [0.5, 0.6) is 0 Å². The quantitative estimate of drug-likeness (QED) is 0.599. The summed E-state index contributed by atoms with van der Waals surface area (Å²) in [6.45, 7) is 2.87. The summed E-state index contributed by atoms with van der Waals surface area (Å²) in [6, 6.07) is 14.7. The number of likely N-dealkylation sites (tertiary alicyclic amines) is 1. The minimum absolute atomic E-state index is 0.217. The van der Waals surface area contributed by atoms with Crippen molar-refractivity contribution in [1.29, 1.82) is 0 Å². The molecule has 0 bridgehead atoms. The molecule has 4 nitrogen and oxygen atoms in total. The van der Waals surface area contributed by atoms with E-state index < -0.39 is 0 Å². The molecule has 3 aromatic rings. The Bertz CT molecular complexity index is 881. The van der Waals surface area contributed by atoms with Crippen molar-refractivity contribution in [1.82, 2.24) is 15.0 Å². The van der Waals surface area contributed by atoms with Crippen LogP contribution >= 0.6 is 15.9 Å². The van der Waals surface area contributed by atoms with Crippen molar-refractivity contribution >= 4 is 15.9 Å². The summed E-state index contributed by atoms with van der Waals surface area (Å²) in [4.78, 5) is 6.94. The lowest BCUT2D eigenvalue weighted by molar-refractivity contribution is 0.180. The van der Waals surface area contributed by atoms with Gasteiger partial charge in [0.25, 0.3) is 0 Å². The number of piperidine rings is 1. The second kappa shape index (κ2) is 7.68. The van der Waals surface area contributed by atoms with Crippen LogP contribution in [0, 0.1) is 5.82 Å². The number of aromatic nitrogens is 2. The maximum absolute atomic E-state index is 13.4. The van der Waals surface area contributed by atoms with Gasteiger partial charge < -0.3 is 4.52 Å². The van der Waals surface area contributed by atoms with Gasteiger partial charge in [0.05, 0.1) is 5.92 Å². The topological polar surface area (TPSA) is 42.2 Å². The lowest BCUT2D eigenvalue weighted by atomic mass is 9.97. The fourth-order valence-electron chi connectivity index (χ4n) is 3.39. The second-order valence-electron chi connectivity index (χ2n) is 6.67. The second-order valence-corrected chi connectivity index (χ2v) is 7.58. The fraction of sp³-hybridized carbons (Fsp3) is 0.300. The summed E-state index contributed by atoms with van der Waals surface area (Å²) in [5, 5.41) is 4.04. The average molecular weight is 416 g/mol. The molecule has 1 aromatic heterocycles. The zero-order chi connectivity index (χ0) is 17.9. The molecular weight excluding hydrogens is 397 g/mol. The summed E-state index contributed by atoms with van der Waals surface area (Å²) in [6.07, 6.45) is 2.13. The van der Waals surface area contributed by atoms with Crippen molar-refractivity contribution in [3.05, 3.63) is 70.3 Å². The minimum Gasteiger partial charge on any atom is -0.339 e. The molecule has 1 unspecified atom stereocenters. The van der Waals surface area contributed by atoms with Crippen LogP contribution in [-0.2, 0) is 6.54 Å². The summed E-state index contributed by atoms with van der Waals surface area (Å²) in [7, 11) is 0. The molecule has 0 spiro atoms. The van der Waals surface area contributed by atoms with E-state index in [-0.39, 0.29) is 11.7 Å². The van der Waals surface area contributed by atoms with Crippen LogP contribution in [0.4, 0.5) is 4.39 Å². The minimum atomic E-state index is -0.299. The highest BCUT2D eigenvalue weighted by molar-refractivity contribution is 9.10. The molecule has 0 N–H and O–H groups in total. The first kappa shape index (κ1) is 17.4. The maximum Gasteiger partial charge on any atom is 0.231 e. The van der Waals surface area contributed by atoms with Crippen molar-refractivity contribution < 1.29 is 8.91 Å². The van der Waals surface area contributed by atoms with E-state index in [0.29, 0.717) is 17.3 Å². The molecule has 6 heteroatoms. The Kier molecular flexibility index (Phi) is 5.13. The van der Waals surface area contributed by atoms with Gasteiger partial charge >= 0.3 is 0 Å². The van der Waals surface area contributed by atoms with Crippen LogP contribution < -0.4 is 0 Å². The molecule has 0 amide bonds. The molecule has 134 valence electrons. The summed E-state index contributed by atoms with van der Waals surface area (Å²) in [5.41, 5.74) is 1.93. The van der Waals surface area contributed by atoms with E-state index in [9.17, 15) is 4.39 Å². The Morgan fingerprint density at radius 1 is 1.19 bits per heavy atom. The van der Waals surface area contributed by atoms with Crippen LogP contribution in [0.3, 0.4) is 0 Å². The van der Waals surface area contributed by atoms with Crippen LogP contribution in [0.25, 0.3) is 11.4 Å². The van der Waals surface area contributed by atoms with Gasteiger partial charge in [0.2, 0.25) is 11.7 Å². The fourth-order valence-corrected chi connectivity index (χ4v) is 3.66. The lowest BCUT2D eigenvalue weighted by Crippen LogP contribution is -2.34. The van der Waals surface area contributed by atoms with Crippen molar-refractivity contribution in [3.8, 4) is 11.4 Å². The summed E-state index contributed by atoms with van der Waals surface area (Å²) in [5.74, 6) is 1.01. The van der Waals surface area contributed by atoms with E-state index in [1.165, 1.54) is 17.7 Å². The summed E-state index contributed by atoms with van der Waals surface area (Å²) >= 11 is 3.47. The normalized spacial score (nSPS) is 18.2. The van der Waals surface area contributed by atoms with Crippen molar-refractivity contribution in [2.24, 2.45) is 0 Å². The highest BCUT2D eigenvalue weighted by atomic mass is 79.9. The molecule has 1 aliphatic rings. The van der Waals surface area contributed by atoms with Gasteiger partial charge in [0, 0.05) is 23.1 Å². The molecule has 2 heterocycles. The number of halogens is 2. The van der Waals surface area contributed by atoms with Crippen molar-refractivity contribution in [3.63, 3.8) is 0 Å². The predicted octanol–water partition coefficient (Wildman–Crippen LogP) is 5.02. The molecule has 0 radical (unpaired) electrons. The first-order chi connectivity index (χ1) is 12.7. The van der Waals surface area contributed by atoms with Gasteiger partial charge in [0.1, 0.15) is 5.82 Å². The third kappa shape index (κ3) is 4.02. The highest BCUT2D eigenvalue weighted by Gasteiger charge is 2.26. The maximum atomic E-state index is 13.4. The van der Waals surface area contributed by atoms with Crippen LogP contribution in [-0.4, -0.2) is 28.1 Å². The van der Waals surface area contributed by atoms with Gasteiger partial charge in [0.15, 0.2) is 0 Å². The van der Waals surface area contributed by atoms with E-state index in [4.69, 9.17) is 4.52 Å². The molecule has 2 aromatic carbocycles. The number of nitrogens with zero attached hydrogens (tertiary/aromatic N) is 3. The van der Waals surface area contributed by atoms with E-state index in [1.54, 1.807) is 12.1 Å². The lowest BCUT2D eigenvalue weighted by Gasteiger charge is -2.30. The SMILES string of the molecule is Fc1cccc(-c2noc(C3CCCN(Cc4ccc(Br)cc4)C3)n2)c1. The van der Waals surface area contributed by atoms with E-state index in [2.05, 4.69) is 55.2 Å². The zero-order valence-electron chi connectivity index (χ0n) is 14.2. The van der Waals surface area contributed by atoms with E-state index in [1.807, 2.05) is 0 Å². The Morgan fingerprint density at radius 3 is 2.85 bits per heavy atom. The van der Waals surface area contributed by atoms with E-state index in [0.717, 1.165) is 36.9 Å². The molecule has 26 heavy (non-hydrogen) atoms. The predicted molar refractivity (Wildman–Crippen MR) is 101 cm³/mol. The third-order valence-corrected chi connectivity index (χ3v) is 5.23. The van der Waals surface area contributed by atoms with Crippen molar-refractivity contribution in [2.75, 3.05) is 13.1 Å². The molecule has 0 aliphatic carbocycles. The number of hydrogen-bond acceptors (Lipinski definition) is 4. The van der Waals surface area contributed by atoms with Gasteiger partial charge in [-0.2, -0.15) is 4.98 Å². The van der Waals surface area contributed by atoms with Crippen LogP contribution in [0.15, 0.2) is 57.5 Å². The Labute approximate surface area is 160 Å². The van der Waals surface area contributed by atoms with Gasteiger partial charge in [-0.3, -0.25) is 4.90 Å². The highest BCUT2D eigenvalue weighted by Crippen LogP contribution is 2.28. The Morgan fingerprint density at radius 2 is 2.04 bits per heavy atom. The standard InChI is InChI=1S/C20H19BrFN3O/c21-17-8-6-14(7-9-17)12-25-10-2-4-16(13-25)20-23-19(24-26-20)15-3-1-5-18(22)11-15/h1,3,5-9,11,16H,2,4,10,12-13H2. The number of benzene rings is 2. The number of rotatable bonds is 4. The zero-order valence-corrected chi connectivity index (χ0v) is 15.8. The van der Waals surface area contributed by atoms with Crippen molar-refractivity contribution in [2.45, 2.75) is 25.3 Å². The number of hydrogen-bond donors (Lipinski definition) is 0. The van der Waals surface area contributed by atoms with Gasteiger partial charge in [-0.25, -0.2) is 4.39 Å². The third-order valence-electron chi connectivity index (χ3n) is 4.70. The van der Waals surface area contributed by atoms with Gasteiger partial charge in [-0.05, 0) is 49.2 Å². The molecular formula is C20H19BrFN3O. The van der Waals surface area contributed by atoms with Crippen LogP contribution in [0.1, 0.15) is 30.2 Å². The monoisotopic (exact) mass is 415 g/mol. The smallest absolute Gasteiger partial charge is 0.231 e. The van der Waals surface area contributed by atoms with Gasteiger partial charge in [-0.1, -0.05) is 45.4 Å².